The van der Waals surface area contributed by atoms with E-state index in [4.69, 9.17) is 11.6 Å². The first-order valence-corrected chi connectivity index (χ1v) is 7.00. The number of halogens is 2. The number of benzene rings is 1. The van der Waals surface area contributed by atoms with Crippen LogP contribution >= 0.6 is 27.5 Å². The van der Waals surface area contributed by atoms with Gasteiger partial charge in [0.1, 0.15) is 0 Å². The lowest BCUT2D eigenvalue weighted by atomic mass is 10.1. The maximum atomic E-state index is 11.6. The number of hydrogen-bond acceptors (Lipinski definition) is 1. The second kappa shape index (κ2) is 7.72. The molecule has 0 aliphatic carbocycles. The molecule has 2 nitrogen and oxygen atoms in total. The van der Waals surface area contributed by atoms with Crippen molar-refractivity contribution in [1.29, 1.82) is 0 Å². The lowest BCUT2D eigenvalue weighted by Gasteiger charge is -2.08. The fourth-order valence-corrected chi connectivity index (χ4v) is 2.02. The van der Waals surface area contributed by atoms with E-state index in [1.807, 2.05) is 31.2 Å². The minimum atomic E-state index is 0.0445. The Kier molecular flexibility index (Phi) is 6.60. The molecule has 0 fully saturated rings. The molecule has 1 atom stereocenters. The SMILES string of the molecule is CCC(Cl)CCNC(=O)Cc1cccc(Br)c1. The quantitative estimate of drug-likeness (QED) is 0.799. The van der Waals surface area contributed by atoms with Crippen LogP contribution in [0.5, 0.6) is 0 Å². The predicted octanol–water partition coefficient (Wildman–Crippen LogP) is 3.52. The monoisotopic (exact) mass is 317 g/mol. The second-order valence-corrected chi connectivity index (χ2v) is 5.48. The number of carbonyl (C=O) groups excluding carboxylic acids is 1. The average Bonchev–Trinajstić information content (AvgIpc) is 2.28. The van der Waals surface area contributed by atoms with Gasteiger partial charge in [-0.3, -0.25) is 4.79 Å². The molecule has 1 aromatic carbocycles. The molecule has 0 bridgehead atoms. The number of alkyl halides is 1. The van der Waals surface area contributed by atoms with Crippen LogP contribution in [-0.4, -0.2) is 17.8 Å². The van der Waals surface area contributed by atoms with Crippen LogP contribution in [0.3, 0.4) is 0 Å². The summed E-state index contributed by atoms with van der Waals surface area (Å²) >= 11 is 9.36. The Morgan fingerprint density at radius 3 is 2.94 bits per heavy atom. The van der Waals surface area contributed by atoms with Gasteiger partial charge >= 0.3 is 0 Å². The van der Waals surface area contributed by atoms with E-state index in [0.717, 1.165) is 22.9 Å². The fraction of sp³-hybridized carbons (Fsp3) is 0.462. The maximum absolute atomic E-state index is 11.6. The van der Waals surface area contributed by atoms with E-state index in [9.17, 15) is 4.79 Å². The Hall–Kier alpha value is -0.540. The van der Waals surface area contributed by atoms with Gasteiger partial charge in [-0.2, -0.15) is 0 Å². The van der Waals surface area contributed by atoms with Gasteiger partial charge in [0, 0.05) is 16.4 Å². The van der Waals surface area contributed by atoms with Gasteiger partial charge in [0.2, 0.25) is 5.91 Å². The van der Waals surface area contributed by atoms with Crippen molar-refractivity contribution in [2.24, 2.45) is 0 Å². The van der Waals surface area contributed by atoms with Crippen LogP contribution in [0.1, 0.15) is 25.3 Å². The summed E-state index contributed by atoms with van der Waals surface area (Å²) in [6.07, 6.45) is 2.17. The summed E-state index contributed by atoms with van der Waals surface area (Å²) in [5, 5.41) is 3.03. The van der Waals surface area contributed by atoms with Crippen LogP contribution < -0.4 is 5.32 Å². The van der Waals surface area contributed by atoms with Gasteiger partial charge in [0.25, 0.3) is 0 Å². The molecule has 1 unspecified atom stereocenters. The van der Waals surface area contributed by atoms with Crippen molar-refractivity contribution in [3.63, 3.8) is 0 Å². The average molecular weight is 319 g/mol. The van der Waals surface area contributed by atoms with Crippen LogP contribution in [0.2, 0.25) is 0 Å². The highest BCUT2D eigenvalue weighted by Crippen LogP contribution is 2.12. The number of rotatable bonds is 6. The summed E-state index contributed by atoms with van der Waals surface area (Å²) in [6, 6.07) is 7.77. The van der Waals surface area contributed by atoms with Gasteiger partial charge in [-0.25, -0.2) is 0 Å². The topological polar surface area (TPSA) is 29.1 Å². The second-order valence-electron chi connectivity index (χ2n) is 3.95. The minimum absolute atomic E-state index is 0.0445. The van der Waals surface area contributed by atoms with Crippen LogP contribution in [0, 0.1) is 0 Å². The predicted molar refractivity (Wildman–Crippen MR) is 75.4 cm³/mol. The van der Waals surface area contributed by atoms with Gasteiger partial charge in [0.05, 0.1) is 6.42 Å². The lowest BCUT2D eigenvalue weighted by Crippen LogP contribution is -2.27. The van der Waals surface area contributed by atoms with E-state index in [1.165, 1.54) is 0 Å². The molecule has 0 aromatic heterocycles. The molecule has 1 N–H and O–H groups in total. The Morgan fingerprint density at radius 2 is 2.29 bits per heavy atom. The lowest BCUT2D eigenvalue weighted by molar-refractivity contribution is -0.120. The Labute approximate surface area is 116 Å². The highest BCUT2D eigenvalue weighted by Gasteiger charge is 2.05. The molecule has 17 heavy (non-hydrogen) atoms. The molecule has 0 radical (unpaired) electrons. The van der Waals surface area contributed by atoms with Crippen molar-refractivity contribution in [3.8, 4) is 0 Å². The molecule has 94 valence electrons. The molecule has 1 rings (SSSR count). The molecule has 1 aromatic rings. The highest BCUT2D eigenvalue weighted by atomic mass is 79.9. The van der Waals surface area contributed by atoms with Crippen LogP contribution in [-0.2, 0) is 11.2 Å². The largest absolute Gasteiger partial charge is 0.356 e. The summed E-state index contributed by atoms with van der Waals surface area (Å²) in [5.41, 5.74) is 1.01. The third-order valence-corrected chi connectivity index (χ3v) is 3.50. The molecular formula is C13H17BrClNO. The van der Waals surface area contributed by atoms with E-state index >= 15 is 0 Å². The minimum Gasteiger partial charge on any atom is -0.356 e. The molecule has 4 heteroatoms. The summed E-state index contributed by atoms with van der Waals surface area (Å²) in [5.74, 6) is 0.0445. The smallest absolute Gasteiger partial charge is 0.224 e. The third kappa shape index (κ3) is 6.08. The first kappa shape index (κ1) is 14.5. The van der Waals surface area contributed by atoms with Gasteiger partial charge in [-0.15, -0.1) is 11.6 Å². The van der Waals surface area contributed by atoms with Crippen molar-refractivity contribution in [2.45, 2.75) is 31.6 Å². The molecule has 0 spiro atoms. The van der Waals surface area contributed by atoms with Crippen LogP contribution in [0.4, 0.5) is 0 Å². The van der Waals surface area contributed by atoms with Crippen molar-refractivity contribution in [3.05, 3.63) is 34.3 Å². The summed E-state index contributed by atoms with van der Waals surface area (Å²) < 4.78 is 0.995. The van der Waals surface area contributed by atoms with Crippen LogP contribution in [0.25, 0.3) is 0 Å². The molecular weight excluding hydrogens is 302 g/mol. The number of hydrogen-bond donors (Lipinski definition) is 1. The van der Waals surface area contributed by atoms with Crippen molar-refractivity contribution in [1.82, 2.24) is 5.32 Å². The fourth-order valence-electron chi connectivity index (χ4n) is 1.47. The zero-order valence-electron chi connectivity index (χ0n) is 9.88. The first-order chi connectivity index (χ1) is 8.11. The normalized spacial score (nSPS) is 12.2. The van der Waals surface area contributed by atoms with E-state index in [1.54, 1.807) is 0 Å². The third-order valence-electron chi connectivity index (χ3n) is 2.48. The number of carbonyl (C=O) groups is 1. The van der Waals surface area contributed by atoms with Crippen molar-refractivity contribution < 1.29 is 4.79 Å². The molecule has 0 saturated carbocycles. The first-order valence-electron chi connectivity index (χ1n) is 5.77. The highest BCUT2D eigenvalue weighted by molar-refractivity contribution is 9.10. The Balaban J connectivity index is 2.30. The van der Waals surface area contributed by atoms with Crippen molar-refractivity contribution in [2.75, 3.05) is 6.54 Å². The van der Waals surface area contributed by atoms with Gasteiger partial charge in [0.15, 0.2) is 0 Å². The van der Waals surface area contributed by atoms with Gasteiger partial charge in [-0.1, -0.05) is 35.0 Å². The molecule has 0 aliphatic rings. The Bertz CT molecular complexity index is 370. The van der Waals surface area contributed by atoms with E-state index in [0.29, 0.717) is 13.0 Å². The molecule has 0 saturated heterocycles. The zero-order chi connectivity index (χ0) is 12.7. The standard InChI is InChI=1S/C13H17BrClNO/c1-2-12(15)6-7-16-13(17)9-10-4-3-5-11(14)8-10/h3-5,8,12H,2,6-7,9H2,1H3,(H,16,17). The summed E-state index contributed by atoms with van der Waals surface area (Å²) in [4.78, 5) is 11.6. The van der Waals surface area contributed by atoms with Crippen LogP contribution in [0.15, 0.2) is 28.7 Å². The molecule has 1 amide bonds. The number of nitrogens with one attached hydrogen (secondary N) is 1. The van der Waals surface area contributed by atoms with Crippen molar-refractivity contribution >= 4 is 33.4 Å². The summed E-state index contributed by atoms with van der Waals surface area (Å²) in [6.45, 7) is 2.69. The zero-order valence-corrected chi connectivity index (χ0v) is 12.2. The maximum Gasteiger partial charge on any atom is 0.224 e. The Morgan fingerprint density at radius 1 is 1.53 bits per heavy atom. The van der Waals surface area contributed by atoms with E-state index in [2.05, 4.69) is 21.2 Å². The van der Waals surface area contributed by atoms with Gasteiger partial charge < -0.3 is 5.32 Å². The molecule has 0 aliphatic heterocycles. The van der Waals surface area contributed by atoms with Gasteiger partial charge in [-0.05, 0) is 30.5 Å². The van der Waals surface area contributed by atoms with E-state index < -0.39 is 0 Å². The van der Waals surface area contributed by atoms with E-state index in [-0.39, 0.29) is 11.3 Å². The molecule has 0 heterocycles. The summed E-state index contributed by atoms with van der Waals surface area (Å²) in [7, 11) is 0. The number of amides is 1.